The number of benzene rings is 2. The van der Waals surface area contributed by atoms with Crippen LogP contribution in [-0.4, -0.2) is 19.7 Å². The highest BCUT2D eigenvalue weighted by molar-refractivity contribution is 5.80. The van der Waals surface area contributed by atoms with E-state index in [1.54, 1.807) is 6.07 Å². The fraction of sp³-hybridized carbons (Fsp3) is 0.211. The summed E-state index contributed by atoms with van der Waals surface area (Å²) in [6, 6.07) is 12.3. The van der Waals surface area contributed by atoms with Crippen LogP contribution < -0.4 is 0 Å². The van der Waals surface area contributed by atoms with Crippen LogP contribution in [0.15, 0.2) is 53.3 Å². The lowest BCUT2D eigenvalue weighted by atomic mass is 10.1. The number of aryl methyl sites for hydroxylation is 1. The number of aromatic nitrogens is 4. The molecule has 0 radical (unpaired) electrons. The lowest BCUT2D eigenvalue weighted by Crippen LogP contribution is -1.93. The smallest absolute Gasteiger partial charge is 0.231 e. The molecule has 2 heterocycles. The first-order chi connectivity index (χ1) is 12.2. The number of halogens is 1. The summed E-state index contributed by atoms with van der Waals surface area (Å²) in [6.45, 7) is 3.08. The molecule has 0 saturated heterocycles. The van der Waals surface area contributed by atoms with Crippen molar-refractivity contribution in [2.24, 2.45) is 0 Å². The number of nitrogens with zero attached hydrogens (tertiary/aromatic N) is 4. The zero-order valence-electron chi connectivity index (χ0n) is 13.8. The Kier molecular flexibility index (Phi) is 4.01. The molecule has 4 rings (SSSR count). The first-order valence-electron chi connectivity index (χ1n) is 8.25. The van der Waals surface area contributed by atoms with Gasteiger partial charge in [0.15, 0.2) is 0 Å². The van der Waals surface area contributed by atoms with Crippen LogP contribution in [0.5, 0.6) is 0 Å². The average molecular weight is 336 g/mol. The van der Waals surface area contributed by atoms with E-state index >= 15 is 0 Å². The third kappa shape index (κ3) is 3.15. The van der Waals surface area contributed by atoms with Gasteiger partial charge in [0.2, 0.25) is 11.7 Å². The van der Waals surface area contributed by atoms with Crippen LogP contribution in [0.3, 0.4) is 0 Å². The van der Waals surface area contributed by atoms with Crippen LogP contribution in [0.1, 0.15) is 24.8 Å². The molecule has 0 aliphatic rings. The van der Waals surface area contributed by atoms with Crippen LogP contribution in [-0.2, 0) is 13.0 Å². The second-order valence-electron chi connectivity index (χ2n) is 5.96. The van der Waals surface area contributed by atoms with Crippen LogP contribution in [0, 0.1) is 5.82 Å². The van der Waals surface area contributed by atoms with Gasteiger partial charge in [0.05, 0.1) is 23.8 Å². The average Bonchev–Trinajstić information content (AvgIpc) is 3.22. The van der Waals surface area contributed by atoms with Crippen molar-refractivity contribution in [3.63, 3.8) is 0 Å². The summed E-state index contributed by atoms with van der Waals surface area (Å²) in [6.07, 6.45) is 3.31. The molecule has 0 unspecified atom stereocenters. The summed E-state index contributed by atoms with van der Waals surface area (Å²) in [5.41, 5.74) is 3.64. The van der Waals surface area contributed by atoms with Crippen molar-refractivity contribution in [3.05, 3.63) is 66.1 Å². The van der Waals surface area contributed by atoms with Crippen LogP contribution in [0.25, 0.3) is 22.4 Å². The molecule has 6 heteroatoms. The Bertz CT molecular complexity index is 1020. The van der Waals surface area contributed by atoms with Gasteiger partial charge in [0.1, 0.15) is 5.82 Å². The maximum absolute atomic E-state index is 13.3. The fourth-order valence-electron chi connectivity index (χ4n) is 2.89. The van der Waals surface area contributed by atoms with E-state index in [2.05, 4.69) is 26.6 Å². The lowest BCUT2D eigenvalue weighted by Gasteiger charge is -2.01. The van der Waals surface area contributed by atoms with Gasteiger partial charge in [-0.1, -0.05) is 24.2 Å². The molecule has 126 valence electrons. The molecule has 25 heavy (non-hydrogen) atoms. The van der Waals surface area contributed by atoms with Gasteiger partial charge < -0.3 is 9.09 Å². The van der Waals surface area contributed by atoms with Crippen molar-refractivity contribution < 1.29 is 8.91 Å². The van der Waals surface area contributed by atoms with Gasteiger partial charge in [-0.3, -0.25) is 0 Å². The number of fused-ring (bicyclic) bond motifs is 1. The summed E-state index contributed by atoms with van der Waals surface area (Å²) >= 11 is 0. The molecule has 4 aromatic rings. The van der Waals surface area contributed by atoms with E-state index in [0.29, 0.717) is 18.1 Å². The minimum atomic E-state index is -0.273. The van der Waals surface area contributed by atoms with Crippen molar-refractivity contribution in [3.8, 4) is 11.4 Å². The van der Waals surface area contributed by atoms with Crippen molar-refractivity contribution in [1.82, 2.24) is 19.7 Å². The molecule has 0 atom stereocenters. The predicted octanol–water partition coefficient (Wildman–Crippen LogP) is 4.23. The fourth-order valence-corrected chi connectivity index (χ4v) is 2.89. The highest BCUT2D eigenvalue weighted by atomic mass is 19.1. The van der Waals surface area contributed by atoms with Gasteiger partial charge in [-0.05, 0) is 42.3 Å². The van der Waals surface area contributed by atoms with E-state index in [9.17, 15) is 4.39 Å². The lowest BCUT2D eigenvalue weighted by molar-refractivity contribution is 0.385. The van der Waals surface area contributed by atoms with Gasteiger partial charge in [-0.2, -0.15) is 4.98 Å². The number of hydrogen-bond acceptors (Lipinski definition) is 4. The molecule has 5 nitrogen and oxygen atoms in total. The van der Waals surface area contributed by atoms with Gasteiger partial charge in [-0.15, -0.1) is 0 Å². The third-order valence-corrected chi connectivity index (χ3v) is 4.06. The Morgan fingerprint density at radius 2 is 2.08 bits per heavy atom. The topological polar surface area (TPSA) is 56.7 Å². The van der Waals surface area contributed by atoms with Gasteiger partial charge >= 0.3 is 0 Å². The summed E-state index contributed by atoms with van der Waals surface area (Å²) in [4.78, 5) is 8.86. The maximum atomic E-state index is 13.3. The minimum Gasteiger partial charge on any atom is -0.339 e. The molecule has 0 amide bonds. The monoisotopic (exact) mass is 336 g/mol. The Balaban J connectivity index is 1.60. The van der Waals surface area contributed by atoms with Crippen LogP contribution in [0.2, 0.25) is 0 Å². The Labute approximate surface area is 144 Å². The molecule has 0 saturated carbocycles. The minimum absolute atomic E-state index is 0.273. The molecule has 0 spiro atoms. The Morgan fingerprint density at radius 3 is 2.92 bits per heavy atom. The van der Waals surface area contributed by atoms with Crippen molar-refractivity contribution in [1.29, 1.82) is 0 Å². The number of imidazole rings is 1. The van der Waals surface area contributed by atoms with Crippen molar-refractivity contribution >= 4 is 11.0 Å². The third-order valence-electron chi connectivity index (χ3n) is 4.06. The molecule has 2 aromatic carbocycles. The van der Waals surface area contributed by atoms with E-state index in [4.69, 9.17) is 4.52 Å². The molecule has 0 N–H and O–H groups in total. The maximum Gasteiger partial charge on any atom is 0.231 e. The van der Waals surface area contributed by atoms with Crippen LogP contribution >= 0.6 is 0 Å². The first kappa shape index (κ1) is 15.5. The number of hydrogen-bond donors (Lipinski definition) is 0. The van der Waals surface area contributed by atoms with E-state index in [-0.39, 0.29) is 5.82 Å². The largest absolute Gasteiger partial charge is 0.339 e. The number of rotatable bonds is 5. The Hall–Kier alpha value is -3.02. The molecule has 2 aromatic heterocycles. The van der Waals surface area contributed by atoms with E-state index in [1.807, 2.05) is 30.6 Å². The molecular weight excluding hydrogens is 319 g/mol. The zero-order valence-corrected chi connectivity index (χ0v) is 13.8. The van der Waals surface area contributed by atoms with Crippen molar-refractivity contribution in [2.45, 2.75) is 26.3 Å². The van der Waals surface area contributed by atoms with Crippen molar-refractivity contribution in [2.75, 3.05) is 0 Å². The second-order valence-corrected chi connectivity index (χ2v) is 5.96. The Morgan fingerprint density at radius 1 is 1.16 bits per heavy atom. The summed E-state index contributed by atoms with van der Waals surface area (Å²) in [5, 5.41) is 4.04. The van der Waals surface area contributed by atoms with Gasteiger partial charge in [0, 0.05) is 12.1 Å². The quantitative estimate of drug-likeness (QED) is 0.547. The molecule has 0 bridgehead atoms. The second kappa shape index (κ2) is 6.47. The molecule has 0 fully saturated rings. The SMILES string of the molecule is CCCn1cnc2cc(-c3noc(Cc4cccc(F)c4)n3)ccc21. The van der Waals surface area contributed by atoms with E-state index in [1.165, 1.54) is 12.1 Å². The zero-order chi connectivity index (χ0) is 17.2. The van der Waals surface area contributed by atoms with Gasteiger partial charge in [0.25, 0.3) is 0 Å². The summed E-state index contributed by atoms with van der Waals surface area (Å²) in [5.74, 6) is 0.695. The molecular formula is C19H17FN4O. The van der Waals surface area contributed by atoms with Gasteiger partial charge in [-0.25, -0.2) is 9.37 Å². The first-order valence-corrected chi connectivity index (χ1v) is 8.25. The molecule has 0 aliphatic carbocycles. The predicted molar refractivity (Wildman–Crippen MR) is 92.5 cm³/mol. The summed E-state index contributed by atoms with van der Waals surface area (Å²) in [7, 11) is 0. The highest BCUT2D eigenvalue weighted by Gasteiger charge is 2.11. The normalized spacial score (nSPS) is 11.3. The van der Waals surface area contributed by atoms with E-state index < -0.39 is 0 Å². The van der Waals surface area contributed by atoms with E-state index in [0.717, 1.165) is 35.1 Å². The standard InChI is InChI=1S/C19H17FN4O/c1-2-8-24-12-21-16-11-14(6-7-17(16)24)19-22-18(25-23-19)10-13-4-3-5-15(20)9-13/h3-7,9,11-12H,2,8,10H2,1H3. The highest BCUT2D eigenvalue weighted by Crippen LogP contribution is 2.22. The van der Waals surface area contributed by atoms with Crippen LogP contribution in [0.4, 0.5) is 4.39 Å². The molecule has 0 aliphatic heterocycles. The summed E-state index contributed by atoms with van der Waals surface area (Å²) < 4.78 is 20.7.